The second-order valence-electron chi connectivity index (χ2n) is 4.61. The van der Waals surface area contributed by atoms with Crippen LogP contribution in [0.15, 0.2) is 6.33 Å². The molecule has 8 nitrogen and oxygen atoms in total. The number of aromatic nitrogens is 3. The average molecular weight is 269 g/mol. The lowest BCUT2D eigenvalue weighted by molar-refractivity contribution is -0.144. The van der Waals surface area contributed by atoms with E-state index in [1.54, 1.807) is 7.05 Å². The van der Waals surface area contributed by atoms with Gasteiger partial charge in [-0.15, -0.1) is 0 Å². The molecule has 0 spiro atoms. The topological polar surface area (TPSA) is 111 Å². The van der Waals surface area contributed by atoms with Crippen molar-refractivity contribution in [2.45, 2.75) is 38.8 Å². The Kier molecular flexibility index (Phi) is 4.85. The zero-order valence-electron chi connectivity index (χ0n) is 11.3. The number of aromatic amines is 1. The predicted molar refractivity (Wildman–Crippen MR) is 67.3 cm³/mol. The van der Waals surface area contributed by atoms with Crippen molar-refractivity contribution in [1.82, 2.24) is 25.4 Å². The standard InChI is InChI=1S/C11H19N5O3/c1-4-5-11(2,9(17)18)14-10(19)16(3)6-8-12-7-13-15-8/h7H,4-6H2,1-3H3,(H,14,19)(H,17,18)(H,12,13,15). The highest BCUT2D eigenvalue weighted by Gasteiger charge is 2.34. The number of carboxylic acid groups (broad SMARTS) is 1. The Balaban J connectivity index is 2.64. The maximum absolute atomic E-state index is 12.0. The van der Waals surface area contributed by atoms with Crippen molar-refractivity contribution in [2.24, 2.45) is 0 Å². The van der Waals surface area contributed by atoms with E-state index in [9.17, 15) is 14.7 Å². The first-order valence-electron chi connectivity index (χ1n) is 6.00. The number of hydrogen-bond acceptors (Lipinski definition) is 4. The van der Waals surface area contributed by atoms with Crippen molar-refractivity contribution >= 4 is 12.0 Å². The quantitative estimate of drug-likeness (QED) is 0.699. The van der Waals surface area contributed by atoms with Crippen LogP contribution in [0.25, 0.3) is 0 Å². The van der Waals surface area contributed by atoms with Crippen LogP contribution in [0.5, 0.6) is 0 Å². The molecule has 0 aromatic carbocycles. The summed E-state index contributed by atoms with van der Waals surface area (Å²) in [5.74, 6) is -0.513. The molecule has 0 aliphatic rings. The maximum Gasteiger partial charge on any atom is 0.329 e. The molecule has 2 amide bonds. The number of aliphatic carboxylic acids is 1. The summed E-state index contributed by atoms with van der Waals surface area (Å²) in [5, 5.41) is 18.0. The highest BCUT2D eigenvalue weighted by Crippen LogP contribution is 2.13. The molecule has 0 saturated heterocycles. The summed E-state index contributed by atoms with van der Waals surface area (Å²) < 4.78 is 0. The number of urea groups is 1. The van der Waals surface area contributed by atoms with Gasteiger partial charge in [0.25, 0.3) is 0 Å². The molecule has 0 aliphatic heterocycles. The molecule has 1 unspecified atom stereocenters. The van der Waals surface area contributed by atoms with Crippen molar-refractivity contribution < 1.29 is 14.7 Å². The molecule has 3 N–H and O–H groups in total. The molecule has 1 aromatic heterocycles. The number of nitrogens with one attached hydrogen (secondary N) is 2. The van der Waals surface area contributed by atoms with Crippen LogP contribution in [0.3, 0.4) is 0 Å². The Labute approximate surface area is 111 Å². The molecule has 0 radical (unpaired) electrons. The molecule has 1 atom stereocenters. The third-order valence-corrected chi connectivity index (χ3v) is 2.80. The number of hydrogen-bond donors (Lipinski definition) is 3. The SMILES string of the molecule is CCCC(C)(NC(=O)N(C)Cc1ncn[nH]1)C(=O)O. The lowest BCUT2D eigenvalue weighted by Crippen LogP contribution is -2.55. The maximum atomic E-state index is 12.0. The fourth-order valence-corrected chi connectivity index (χ4v) is 1.66. The molecule has 19 heavy (non-hydrogen) atoms. The Bertz CT molecular complexity index is 434. The summed E-state index contributed by atoms with van der Waals surface area (Å²) in [5.41, 5.74) is -1.26. The molecule has 0 bridgehead atoms. The van der Waals surface area contributed by atoms with Gasteiger partial charge in [-0.3, -0.25) is 5.10 Å². The van der Waals surface area contributed by atoms with E-state index < -0.39 is 17.5 Å². The van der Waals surface area contributed by atoms with Gasteiger partial charge in [0.05, 0.1) is 6.54 Å². The smallest absolute Gasteiger partial charge is 0.329 e. The fraction of sp³-hybridized carbons (Fsp3) is 0.636. The summed E-state index contributed by atoms with van der Waals surface area (Å²) in [6.45, 7) is 3.60. The molecule has 1 heterocycles. The fourth-order valence-electron chi connectivity index (χ4n) is 1.66. The minimum atomic E-state index is -1.26. The van der Waals surface area contributed by atoms with E-state index in [1.165, 1.54) is 18.2 Å². The zero-order valence-corrected chi connectivity index (χ0v) is 11.3. The Morgan fingerprint density at radius 2 is 2.26 bits per heavy atom. The third-order valence-electron chi connectivity index (χ3n) is 2.80. The summed E-state index contributed by atoms with van der Waals surface area (Å²) in [6.07, 6.45) is 2.37. The van der Waals surface area contributed by atoms with Gasteiger partial charge in [-0.05, 0) is 13.3 Å². The molecular formula is C11H19N5O3. The van der Waals surface area contributed by atoms with E-state index in [0.717, 1.165) is 0 Å². The van der Waals surface area contributed by atoms with Crippen molar-refractivity contribution in [1.29, 1.82) is 0 Å². The number of amides is 2. The van der Waals surface area contributed by atoms with Crippen LogP contribution < -0.4 is 5.32 Å². The van der Waals surface area contributed by atoms with E-state index in [2.05, 4.69) is 20.5 Å². The second kappa shape index (κ2) is 6.17. The Morgan fingerprint density at radius 3 is 2.74 bits per heavy atom. The minimum absolute atomic E-state index is 0.230. The molecule has 1 rings (SSSR count). The molecule has 1 aromatic rings. The number of H-pyrrole nitrogens is 1. The molecular weight excluding hydrogens is 250 g/mol. The number of carbonyl (C=O) groups is 2. The molecule has 106 valence electrons. The minimum Gasteiger partial charge on any atom is -0.480 e. The highest BCUT2D eigenvalue weighted by molar-refractivity contribution is 5.85. The first kappa shape index (κ1) is 14.9. The molecule has 0 fully saturated rings. The van der Waals surface area contributed by atoms with E-state index >= 15 is 0 Å². The van der Waals surface area contributed by atoms with Gasteiger partial charge in [-0.25, -0.2) is 14.6 Å². The summed E-state index contributed by atoms with van der Waals surface area (Å²) in [6, 6.07) is -0.463. The molecule has 0 saturated carbocycles. The lowest BCUT2D eigenvalue weighted by Gasteiger charge is -2.28. The Hall–Kier alpha value is -2.12. The van der Waals surface area contributed by atoms with Crippen molar-refractivity contribution in [3.05, 3.63) is 12.2 Å². The van der Waals surface area contributed by atoms with Gasteiger partial charge in [-0.2, -0.15) is 5.10 Å². The van der Waals surface area contributed by atoms with Gasteiger partial charge in [0.1, 0.15) is 17.7 Å². The Morgan fingerprint density at radius 1 is 1.58 bits per heavy atom. The summed E-state index contributed by atoms with van der Waals surface area (Å²) in [4.78, 5) is 28.4. The van der Waals surface area contributed by atoms with E-state index in [0.29, 0.717) is 18.7 Å². The van der Waals surface area contributed by atoms with Crippen molar-refractivity contribution in [3.63, 3.8) is 0 Å². The lowest BCUT2D eigenvalue weighted by atomic mass is 9.96. The largest absolute Gasteiger partial charge is 0.480 e. The van der Waals surface area contributed by atoms with Crippen LogP contribution in [-0.2, 0) is 11.3 Å². The van der Waals surface area contributed by atoms with Crippen LogP contribution in [-0.4, -0.2) is 49.8 Å². The van der Waals surface area contributed by atoms with E-state index in [4.69, 9.17) is 0 Å². The van der Waals surface area contributed by atoms with Gasteiger partial charge in [0.2, 0.25) is 0 Å². The monoisotopic (exact) mass is 269 g/mol. The second-order valence-corrected chi connectivity index (χ2v) is 4.61. The van der Waals surface area contributed by atoms with Crippen LogP contribution >= 0.6 is 0 Å². The van der Waals surface area contributed by atoms with Gasteiger partial charge in [0, 0.05) is 7.05 Å². The third kappa shape index (κ3) is 3.94. The number of carboxylic acids is 1. The van der Waals surface area contributed by atoms with Crippen molar-refractivity contribution in [2.75, 3.05) is 7.05 Å². The van der Waals surface area contributed by atoms with Crippen LogP contribution in [0, 0.1) is 0 Å². The molecule has 0 aliphatic carbocycles. The first-order chi connectivity index (χ1) is 8.89. The van der Waals surface area contributed by atoms with Gasteiger partial charge in [0.15, 0.2) is 0 Å². The van der Waals surface area contributed by atoms with Crippen LogP contribution in [0.4, 0.5) is 4.79 Å². The molecule has 8 heteroatoms. The van der Waals surface area contributed by atoms with E-state index in [1.807, 2.05) is 6.92 Å². The van der Waals surface area contributed by atoms with Gasteiger partial charge < -0.3 is 15.3 Å². The predicted octanol–water partition coefficient (Wildman–Crippen LogP) is 0.589. The average Bonchev–Trinajstić information content (AvgIpc) is 2.81. The highest BCUT2D eigenvalue weighted by atomic mass is 16.4. The van der Waals surface area contributed by atoms with Gasteiger partial charge in [-0.1, -0.05) is 13.3 Å². The summed E-state index contributed by atoms with van der Waals surface area (Å²) in [7, 11) is 1.56. The van der Waals surface area contributed by atoms with Crippen molar-refractivity contribution in [3.8, 4) is 0 Å². The summed E-state index contributed by atoms with van der Waals surface area (Å²) >= 11 is 0. The number of nitrogens with zero attached hydrogens (tertiary/aromatic N) is 3. The zero-order chi connectivity index (χ0) is 14.5. The number of carbonyl (C=O) groups excluding carboxylic acids is 1. The van der Waals surface area contributed by atoms with Gasteiger partial charge >= 0.3 is 12.0 Å². The van der Waals surface area contributed by atoms with Crippen LogP contribution in [0.2, 0.25) is 0 Å². The van der Waals surface area contributed by atoms with Crippen LogP contribution in [0.1, 0.15) is 32.5 Å². The first-order valence-corrected chi connectivity index (χ1v) is 6.00. The van der Waals surface area contributed by atoms with E-state index in [-0.39, 0.29) is 6.54 Å². The normalized spacial score (nSPS) is 13.6. The number of rotatable bonds is 6.